The Morgan fingerprint density at radius 1 is 1.11 bits per heavy atom. The van der Waals surface area contributed by atoms with Gasteiger partial charge in [-0.15, -0.1) is 0 Å². The molecule has 5 unspecified atom stereocenters. The largest absolute Gasteiger partial charge is 0.0843 e. The molecule has 96 valence electrons. The van der Waals surface area contributed by atoms with Gasteiger partial charge < -0.3 is 0 Å². The molecule has 4 rings (SSSR count). The highest BCUT2D eigenvalue weighted by Crippen LogP contribution is 2.73. The Bertz CT molecular complexity index is 485. The number of rotatable bonds is 2. The van der Waals surface area contributed by atoms with Gasteiger partial charge >= 0.3 is 0 Å². The third-order valence-corrected chi connectivity index (χ3v) is 7.06. The van der Waals surface area contributed by atoms with Crippen LogP contribution in [0, 0.1) is 29.6 Å². The van der Waals surface area contributed by atoms with Gasteiger partial charge in [-0.25, -0.2) is 0 Å². The first kappa shape index (κ1) is 12.1. The molecule has 0 spiro atoms. The predicted octanol–water partition coefficient (Wildman–Crippen LogP) is 5.72. The van der Waals surface area contributed by atoms with Crippen LogP contribution in [0.2, 0.25) is 10.0 Å². The summed E-state index contributed by atoms with van der Waals surface area (Å²) < 4.78 is 0. The third kappa shape index (κ3) is 1.63. The summed E-state index contributed by atoms with van der Waals surface area (Å²) in [6.45, 7) is 0. The van der Waals surface area contributed by atoms with Crippen molar-refractivity contribution < 1.29 is 0 Å². The molecule has 0 amide bonds. The van der Waals surface area contributed by atoms with E-state index in [1.54, 1.807) is 0 Å². The van der Waals surface area contributed by atoms with Crippen LogP contribution in [-0.4, -0.2) is 0 Å². The fourth-order valence-corrected chi connectivity index (χ4v) is 6.48. The number of hydrogen-bond acceptors (Lipinski definition) is 0. The Morgan fingerprint density at radius 2 is 1.78 bits per heavy atom. The maximum Gasteiger partial charge on any atom is 0.0464 e. The molecule has 0 radical (unpaired) electrons. The highest BCUT2D eigenvalue weighted by molar-refractivity contribution is 9.09. The molecule has 0 N–H and O–H groups in total. The molecule has 5 atom stereocenters. The van der Waals surface area contributed by atoms with Crippen LogP contribution in [0.5, 0.6) is 0 Å². The summed E-state index contributed by atoms with van der Waals surface area (Å²) in [7, 11) is 0. The summed E-state index contributed by atoms with van der Waals surface area (Å²) in [6.07, 6.45) is 4.44. The van der Waals surface area contributed by atoms with Gasteiger partial charge in [-0.05, 0) is 66.5 Å². The van der Waals surface area contributed by atoms with E-state index < -0.39 is 0 Å². The molecule has 3 aliphatic rings. The Morgan fingerprint density at radius 3 is 2.39 bits per heavy atom. The number of hydrogen-bond donors (Lipinski definition) is 0. The highest BCUT2D eigenvalue weighted by atomic mass is 79.9. The second kappa shape index (κ2) is 4.14. The number of benzene rings is 1. The van der Waals surface area contributed by atoms with Crippen molar-refractivity contribution in [1.82, 2.24) is 0 Å². The molecule has 0 saturated heterocycles. The van der Waals surface area contributed by atoms with E-state index in [0.29, 0.717) is 4.83 Å². The van der Waals surface area contributed by atoms with E-state index >= 15 is 0 Å². The zero-order chi connectivity index (χ0) is 12.4. The lowest BCUT2D eigenvalue weighted by atomic mass is 9.97. The second-order valence-corrected chi connectivity index (χ2v) is 7.96. The van der Waals surface area contributed by atoms with Gasteiger partial charge in [-0.2, -0.15) is 0 Å². The molecular weight excluding hydrogens is 331 g/mol. The summed E-state index contributed by atoms with van der Waals surface area (Å²) in [6, 6.07) is 5.89. The molecule has 0 aromatic heterocycles. The van der Waals surface area contributed by atoms with Gasteiger partial charge in [0, 0.05) is 14.9 Å². The van der Waals surface area contributed by atoms with Crippen LogP contribution in [0.4, 0.5) is 0 Å². The topological polar surface area (TPSA) is 0 Å². The van der Waals surface area contributed by atoms with Crippen molar-refractivity contribution in [1.29, 1.82) is 0 Å². The van der Waals surface area contributed by atoms with E-state index in [-0.39, 0.29) is 0 Å². The molecular formula is C15H15BrCl2. The maximum absolute atomic E-state index is 6.33. The molecule has 0 heterocycles. The van der Waals surface area contributed by atoms with Gasteiger partial charge in [0.05, 0.1) is 0 Å². The summed E-state index contributed by atoms with van der Waals surface area (Å²) in [5.41, 5.74) is 1.22. The first-order valence-electron chi connectivity index (χ1n) is 6.76. The molecule has 3 saturated carbocycles. The quantitative estimate of drug-likeness (QED) is 0.601. The van der Waals surface area contributed by atoms with Gasteiger partial charge in [0.15, 0.2) is 0 Å². The smallest absolute Gasteiger partial charge is 0.0464 e. The zero-order valence-corrected chi connectivity index (χ0v) is 13.0. The first-order chi connectivity index (χ1) is 8.66. The van der Waals surface area contributed by atoms with E-state index in [1.165, 1.54) is 24.8 Å². The molecule has 3 aliphatic carbocycles. The first-order valence-corrected chi connectivity index (χ1v) is 8.43. The van der Waals surface area contributed by atoms with Crippen LogP contribution >= 0.6 is 39.1 Å². The Kier molecular flexibility index (Phi) is 2.77. The van der Waals surface area contributed by atoms with E-state index in [9.17, 15) is 0 Å². The van der Waals surface area contributed by atoms with Gasteiger partial charge in [0.25, 0.3) is 0 Å². The van der Waals surface area contributed by atoms with Crippen molar-refractivity contribution in [2.45, 2.75) is 24.1 Å². The highest BCUT2D eigenvalue weighted by Gasteiger charge is 2.66. The summed E-state index contributed by atoms with van der Waals surface area (Å²) in [5.74, 6) is 4.78. The standard InChI is InChI=1S/C15H15BrCl2/c16-15(10-4-3-9(17)6-11(10)18)14-12-7-1-2-8(5-7)13(12)14/h3-4,6-8,12-15H,1-2,5H2. The zero-order valence-electron chi connectivity index (χ0n) is 9.95. The molecule has 3 heteroatoms. The fraction of sp³-hybridized carbons (Fsp3) is 0.600. The molecule has 1 aromatic carbocycles. The van der Waals surface area contributed by atoms with Gasteiger partial charge in [-0.3, -0.25) is 0 Å². The minimum absolute atomic E-state index is 0.417. The Hall–Kier alpha value is 0.280. The molecule has 1 aromatic rings. The Balaban J connectivity index is 1.60. The van der Waals surface area contributed by atoms with Crippen molar-refractivity contribution >= 4 is 39.1 Å². The van der Waals surface area contributed by atoms with Gasteiger partial charge in [0.1, 0.15) is 0 Å². The normalized spacial score (nSPS) is 41.8. The number of halogens is 3. The van der Waals surface area contributed by atoms with Crippen molar-refractivity contribution in [3.63, 3.8) is 0 Å². The van der Waals surface area contributed by atoms with Crippen molar-refractivity contribution in [2.24, 2.45) is 29.6 Å². The lowest BCUT2D eigenvalue weighted by Crippen LogP contribution is -2.04. The average molecular weight is 346 g/mol. The van der Waals surface area contributed by atoms with Crippen LogP contribution in [-0.2, 0) is 0 Å². The Labute approximate surface area is 126 Å². The van der Waals surface area contributed by atoms with Gasteiger partial charge in [0.2, 0.25) is 0 Å². The SMILES string of the molecule is Clc1ccc(C(Br)C2C3C4CCC(C4)C32)c(Cl)c1. The van der Waals surface area contributed by atoms with E-state index in [0.717, 1.165) is 39.6 Å². The monoisotopic (exact) mass is 344 g/mol. The molecule has 0 aliphatic heterocycles. The van der Waals surface area contributed by atoms with Crippen molar-refractivity contribution in [3.05, 3.63) is 33.8 Å². The summed E-state index contributed by atoms with van der Waals surface area (Å²) in [5, 5.41) is 1.53. The summed E-state index contributed by atoms with van der Waals surface area (Å²) >= 11 is 16.2. The van der Waals surface area contributed by atoms with Crippen LogP contribution in [0.1, 0.15) is 29.7 Å². The third-order valence-electron chi connectivity index (χ3n) is 5.39. The van der Waals surface area contributed by atoms with Crippen LogP contribution in [0.25, 0.3) is 0 Å². The van der Waals surface area contributed by atoms with Gasteiger partial charge in [-0.1, -0.05) is 45.2 Å². The van der Waals surface area contributed by atoms with E-state index in [2.05, 4.69) is 22.0 Å². The molecule has 0 nitrogen and oxygen atoms in total. The maximum atomic E-state index is 6.33. The van der Waals surface area contributed by atoms with Crippen LogP contribution in [0.3, 0.4) is 0 Å². The predicted molar refractivity (Wildman–Crippen MR) is 79.4 cm³/mol. The lowest BCUT2D eigenvalue weighted by Gasteiger charge is -2.16. The minimum Gasteiger partial charge on any atom is -0.0843 e. The van der Waals surface area contributed by atoms with E-state index in [4.69, 9.17) is 23.2 Å². The molecule has 2 bridgehead atoms. The average Bonchev–Trinajstić information content (AvgIpc) is 2.77. The van der Waals surface area contributed by atoms with Crippen LogP contribution in [0.15, 0.2) is 18.2 Å². The summed E-state index contributed by atoms with van der Waals surface area (Å²) in [4.78, 5) is 0.417. The van der Waals surface area contributed by atoms with E-state index in [1.807, 2.05) is 12.1 Å². The molecule has 18 heavy (non-hydrogen) atoms. The number of fused-ring (bicyclic) bond motifs is 5. The second-order valence-electron chi connectivity index (χ2n) is 6.13. The number of alkyl halides is 1. The lowest BCUT2D eigenvalue weighted by molar-refractivity contribution is 0.456. The fourth-order valence-electron chi connectivity index (χ4n) is 4.72. The minimum atomic E-state index is 0.417. The molecule has 3 fully saturated rings. The van der Waals surface area contributed by atoms with Crippen molar-refractivity contribution in [3.8, 4) is 0 Å². The van der Waals surface area contributed by atoms with Crippen LogP contribution < -0.4 is 0 Å². The van der Waals surface area contributed by atoms with Crippen molar-refractivity contribution in [2.75, 3.05) is 0 Å².